The zero-order valence-corrected chi connectivity index (χ0v) is 5.63. The van der Waals surface area contributed by atoms with Gasteiger partial charge in [0.1, 0.15) is 11.4 Å². The van der Waals surface area contributed by atoms with Gasteiger partial charge < -0.3 is 17.2 Å². The molecule has 0 atom stereocenters. The molecule has 0 saturated carbocycles. The summed E-state index contributed by atoms with van der Waals surface area (Å²) < 4.78 is 0. The summed E-state index contributed by atoms with van der Waals surface area (Å²) in [6, 6.07) is 0. The first-order valence-corrected chi connectivity index (χ1v) is 2.85. The summed E-state index contributed by atoms with van der Waals surface area (Å²) in [7, 11) is 0. The van der Waals surface area contributed by atoms with E-state index in [2.05, 4.69) is 0 Å². The van der Waals surface area contributed by atoms with Crippen LogP contribution in [0.3, 0.4) is 0 Å². The van der Waals surface area contributed by atoms with Gasteiger partial charge in [-0.05, 0) is 0 Å². The van der Waals surface area contributed by atoms with Crippen molar-refractivity contribution in [2.45, 2.75) is 0 Å². The Morgan fingerprint density at radius 3 is 2.09 bits per heavy atom. The smallest absolute Gasteiger partial charge is 0.226 e. The van der Waals surface area contributed by atoms with Crippen molar-refractivity contribution in [3.8, 4) is 0 Å². The van der Waals surface area contributed by atoms with Crippen LogP contribution in [0.5, 0.6) is 0 Å². The molecule has 0 aromatic heterocycles. The maximum atomic E-state index is 10.9. The topological polar surface area (TPSA) is 112 Å². The average Bonchev–Trinajstić information content (AvgIpc) is 1.97. The van der Waals surface area contributed by atoms with Crippen molar-refractivity contribution in [2.24, 2.45) is 17.2 Å². The van der Waals surface area contributed by atoms with E-state index >= 15 is 0 Å². The molecule has 0 bridgehead atoms. The number of ketones is 2. The van der Waals surface area contributed by atoms with Gasteiger partial charge in [-0.15, -0.1) is 0 Å². The molecule has 0 spiro atoms. The summed E-state index contributed by atoms with van der Waals surface area (Å²) in [5.41, 5.74) is 14.8. The Hall–Kier alpha value is -1.78. The van der Waals surface area contributed by atoms with E-state index in [4.69, 9.17) is 17.2 Å². The number of hydrogen-bond acceptors (Lipinski definition) is 5. The van der Waals surface area contributed by atoms with Crippen LogP contribution in [0.15, 0.2) is 23.2 Å². The molecule has 0 fully saturated rings. The van der Waals surface area contributed by atoms with E-state index in [1.54, 1.807) is 0 Å². The van der Waals surface area contributed by atoms with Crippen LogP contribution >= 0.6 is 0 Å². The zero-order valence-electron chi connectivity index (χ0n) is 5.63. The third-order valence-corrected chi connectivity index (χ3v) is 1.35. The molecule has 1 aliphatic carbocycles. The van der Waals surface area contributed by atoms with Crippen LogP contribution in [0.1, 0.15) is 0 Å². The zero-order chi connectivity index (χ0) is 8.59. The fourth-order valence-electron chi connectivity index (χ4n) is 0.695. The number of rotatable bonds is 0. The molecule has 0 amide bonds. The van der Waals surface area contributed by atoms with Crippen LogP contribution in [-0.4, -0.2) is 11.6 Å². The van der Waals surface area contributed by atoms with E-state index in [0.717, 1.165) is 6.08 Å². The largest absolute Gasteiger partial charge is 0.395 e. The molecule has 0 aromatic carbocycles. The fourth-order valence-corrected chi connectivity index (χ4v) is 0.695. The highest BCUT2D eigenvalue weighted by molar-refractivity contribution is 6.21. The molecule has 0 unspecified atom stereocenters. The molecule has 0 heterocycles. The molecule has 0 saturated heterocycles. The Bertz CT molecular complexity index is 301. The monoisotopic (exact) mass is 153 g/mol. The van der Waals surface area contributed by atoms with Crippen molar-refractivity contribution >= 4 is 11.6 Å². The van der Waals surface area contributed by atoms with Crippen LogP contribution in [0, 0.1) is 0 Å². The molecule has 58 valence electrons. The van der Waals surface area contributed by atoms with E-state index < -0.39 is 11.6 Å². The molecule has 1 rings (SSSR count). The molecule has 0 aromatic rings. The van der Waals surface area contributed by atoms with Gasteiger partial charge in [-0.1, -0.05) is 0 Å². The minimum Gasteiger partial charge on any atom is -0.395 e. The second-order valence-electron chi connectivity index (χ2n) is 2.12. The van der Waals surface area contributed by atoms with Gasteiger partial charge in [0.2, 0.25) is 11.6 Å². The minimum atomic E-state index is -0.581. The first kappa shape index (κ1) is 7.33. The molecule has 0 radical (unpaired) electrons. The van der Waals surface area contributed by atoms with Crippen molar-refractivity contribution in [1.82, 2.24) is 0 Å². The summed E-state index contributed by atoms with van der Waals surface area (Å²) in [6.45, 7) is 0. The Kier molecular flexibility index (Phi) is 1.41. The normalized spacial score (nSPS) is 18.7. The lowest BCUT2D eigenvalue weighted by Gasteiger charge is -2.08. The SMILES string of the molecule is NC1=CC(=O)C(N)=C(N)C1=O. The number of nitrogens with two attached hydrogens (primary N) is 3. The molecule has 5 heteroatoms. The van der Waals surface area contributed by atoms with Gasteiger partial charge in [0.05, 0.1) is 5.70 Å². The van der Waals surface area contributed by atoms with Gasteiger partial charge in [-0.2, -0.15) is 0 Å². The lowest BCUT2D eigenvalue weighted by molar-refractivity contribution is -0.116. The molecule has 11 heavy (non-hydrogen) atoms. The van der Waals surface area contributed by atoms with Crippen molar-refractivity contribution in [2.75, 3.05) is 0 Å². The maximum absolute atomic E-state index is 10.9. The first-order valence-electron chi connectivity index (χ1n) is 2.85. The molecule has 0 aliphatic heterocycles. The second-order valence-corrected chi connectivity index (χ2v) is 2.12. The van der Waals surface area contributed by atoms with E-state index in [-0.39, 0.29) is 17.1 Å². The van der Waals surface area contributed by atoms with Crippen LogP contribution in [0.25, 0.3) is 0 Å². The Morgan fingerprint density at radius 2 is 1.55 bits per heavy atom. The summed E-state index contributed by atoms with van der Waals surface area (Å²) in [5, 5.41) is 0. The molecular weight excluding hydrogens is 146 g/mol. The van der Waals surface area contributed by atoms with Crippen LogP contribution in [-0.2, 0) is 9.59 Å². The molecular formula is C6H7N3O2. The van der Waals surface area contributed by atoms with Crippen molar-refractivity contribution in [3.05, 3.63) is 23.2 Å². The number of Topliss-reactive ketones (excluding diaryl/α,β-unsaturated/α-hetero) is 1. The van der Waals surface area contributed by atoms with Crippen LogP contribution < -0.4 is 17.2 Å². The third kappa shape index (κ3) is 0.958. The quantitative estimate of drug-likeness (QED) is 0.352. The fraction of sp³-hybridized carbons (Fsp3) is 0. The Labute approximate surface area is 62.5 Å². The first-order chi connectivity index (χ1) is 5.04. The second kappa shape index (κ2) is 2.12. The highest BCUT2D eigenvalue weighted by Gasteiger charge is 2.22. The Morgan fingerprint density at radius 1 is 1.00 bits per heavy atom. The molecule has 5 nitrogen and oxygen atoms in total. The van der Waals surface area contributed by atoms with E-state index in [0.29, 0.717) is 0 Å². The minimum absolute atomic E-state index is 0.165. The number of allylic oxidation sites excluding steroid dienone is 1. The standard InChI is InChI=1S/C6H7N3O2/c7-2-1-3(10)4(8)5(9)6(2)11/h1H,7-9H2. The maximum Gasteiger partial charge on any atom is 0.226 e. The van der Waals surface area contributed by atoms with Gasteiger partial charge in [0.15, 0.2) is 0 Å². The summed E-state index contributed by atoms with van der Waals surface area (Å²) in [4.78, 5) is 21.7. The highest BCUT2D eigenvalue weighted by atomic mass is 16.1. The van der Waals surface area contributed by atoms with Gasteiger partial charge >= 0.3 is 0 Å². The predicted octanol–water partition coefficient (Wildman–Crippen LogP) is -1.89. The van der Waals surface area contributed by atoms with Crippen LogP contribution in [0.4, 0.5) is 0 Å². The van der Waals surface area contributed by atoms with Crippen LogP contribution in [0.2, 0.25) is 0 Å². The van der Waals surface area contributed by atoms with Gasteiger partial charge in [0.25, 0.3) is 0 Å². The van der Waals surface area contributed by atoms with Crippen molar-refractivity contribution < 1.29 is 9.59 Å². The summed E-state index contributed by atoms with van der Waals surface area (Å²) in [6.07, 6.45) is 0.966. The highest BCUT2D eigenvalue weighted by Crippen LogP contribution is 2.07. The third-order valence-electron chi connectivity index (χ3n) is 1.35. The lowest BCUT2D eigenvalue weighted by atomic mass is 10.0. The number of carbonyl (C=O) groups excluding carboxylic acids is 2. The van der Waals surface area contributed by atoms with Gasteiger partial charge in [-0.25, -0.2) is 0 Å². The van der Waals surface area contributed by atoms with Crippen molar-refractivity contribution in [3.63, 3.8) is 0 Å². The van der Waals surface area contributed by atoms with E-state index in [9.17, 15) is 9.59 Å². The van der Waals surface area contributed by atoms with Gasteiger partial charge in [-0.3, -0.25) is 9.59 Å². The average molecular weight is 153 g/mol. The summed E-state index contributed by atoms with van der Waals surface area (Å²) >= 11 is 0. The number of carbonyl (C=O) groups is 2. The lowest BCUT2D eigenvalue weighted by Crippen LogP contribution is -2.31. The molecule has 1 aliphatic rings. The predicted molar refractivity (Wildman–Crippen MR) is 37.7 cm³/mol. The van der Waals surface area contributed by atoms with Gasteiger partial charge in [0, 0.05) is 6.08 Å². The van der Waals surface area contributed by atoms with E-state index in [1.807, 2.05) is 0 Å². The Balaban J connectivity index is 3.19. The summed E-state index contributed by atoms with van der Waals surface area (Å²) in [5.74, 6) is -1.10. The van der Waals surface area contributed by atoms with Crippen molar-refractivity contribution in [1.29, 1.82) is 0 Å². The van der Waals surface area contributed by atoms with E-state index in [1.165, 1.54) is 0 Å². The molecule has 6 N–H and O–H groups in total. The number of hydrogen-bond donors (Lipinski definition) is 3.